The summed E-state index contributed by atoms with van der Waals surface area (Å²) < 4.78 is 5.21. The summed E-state index contributed by atoms with van der Waals surface area (Å²) in [6.45, 7) is 1.16. The predicted molar refractivity (Wildman–Crippen MR) is 87.9 cm³/mol. The van der Waals surface area contributed by atoms with Gasteiger partial charge in [0.1, 0.15) is 5.75 Å². The highest BCUT2D eigenvalue weighted by Crippen LogP contribution is 2.37. The molecule has 2 heteroatoms. The second-order valence-corrected chi connectivity index (χ2v) is 6.45. The lowest BCUT2D eigenvalue weighted by atomic mass is 9.76. The lowest BCUT2D eigenvalue weighted by Crippen LogP contribution is -2.40. The van der Waals surface area contributed by atoms with E-state index in [9.17, 15) is 0 Å². The van der Waals surface area contributed by atoms with E-state index in [2.05, 4.69) is 35.7 Å². The maximum absolute atomic E-state index is 5.21. The smallest absolute Gasteiger partial charge is 0.118 e. The van der Waals surface area contributed by atoms with Gasteiger partial charge in [0.15, 0.2) is 0 Å². The largest absolute Gasteiger partial charge is 0.497 e. The lowest BCUT2D eigenvalue weighted by Gasteiger charge is -2.36. The Hall–Kier alpha value is -1.28. The fourth-order valence-electron chi connectivity index (χ4n) is 3.50. The molecule has 0 unspecified atom stereocenters. The minimum atomic E-state index is 0.723. The number of hydrogen-bond donors (Lipinski definition) is 1. The quantitative estimate of drug-likeness (QED) is 0.781. The molecule has 2 nitrogen and oxygen atoms in total. The zero-order chi connectivity index (χ0) is 14.5. The highest BCUT2D eigenvalue weighted by molar-refractivity contribution is 5.30. The van der Waals surface area contributed by atoms with Crippen LogP contribution in [0.25, 0.3) is 0 Å². The zero-order valence-electron chi connectivity index (χ0n) is 13.1. The standard InChI is InChI=1S/C19H27NO/c1-21-19-9-7-16(8-10-19)17-13-18(14-17)20-12-11-15-5-3-2-4-6-15/h5,7-10,17-18,20H,2-4,6,11-14H2,1H3. The van der Waals surface area contributed by atoms with Crippen molar-refractivity contribution < 1.29 is 4.74 Å². The molecule has 0 heterocycles. The highest BCUT2D eigenvalue weighted by atomic mass is 16.5. The van der Waals surface area contributed by atoms with Gasteiger partial charge in [-0.2, -0.15) is 0 Å². The van der Waals surface area contributed by atoms with Crippen LogP contribution >= 0.6 is 0 Å². The number of ether oxygens (including phenoxy) is 1. The Balaban J connectivity index is 1.36. The predicted octanol–water partition coefficient (Wildman–Crippen LogP) is 4.42. The summed E-state index contributed by atoms with van der Waals surface area (Å²) in [4.78, 5) is 0. The Bertz CT molecular complexity index is 471. The summed E-state index contributed by atoms with van der Waals surface area (Å²) in [6.07, 6.45) is 11.7. The van der Waals surface area contributed by atoms with Crippen molar-refractivity contribution in [3.8, 4) is 5.75 Å². The molecule has 21 heavy (non-hydrogen) atoms. The van der Waals surface area contributed by atoms with Gasteiger partial charge in [-0.15, -0.1) is 0 Å². The van der Waals surface area contributed by atoms with Crippen molar-refractivity contribution in [2.24, 2.45) is 0 Å². The average Bonchev–Trinajstić information content (AvgIpc) is 2.51. The number of hydrogen-bond acceptors (Lipinski definition) is 2. The van der Waals surface area contributed by atoms with Crippen LogP contribution in [0.1, 0.15) is 56.4 Å². The minimum absolute atomic E-state index is 0.723. The average molecular weight is 285 g/mol. The van der Waals surface area contributed by atoms with Gasteiger partial charge in [-0.1, -0.05) is 23.8 Å². The van der Waals surface area contributed by atoms with Crippen molar-refractivity contribution in [2.75, 3.05) is 13.7 Å². The molecule has 0 saturated heterocycles. The van der Waals surface area contributed by atoms with Crippen molar-refractivity contribution >= 4 is 0 Å². The van der Waals surface area contributed by atoms with E-state index < -0.39 is 0 Å². The van der Waals surface area contributed by atoms with Gasteiger partial charge in [0.25, 0.3) is 0 Å². The second-order valence-electron chi connectivity index (χ2n) is 6.45. The molecule has 1 aromatic carbocycles. The molecule has 0 spiro atoms. The third kappa shape index (κ3) is 3.88. The Morgan fingerprint density at radius 3 is 2.62 bits per heavy atom. The Morgan fingerprint density at radius 1 is 1.14 bits per heavy atom. The molecule has 1 saturated carbocycles. The SMILES string of the molecule is COc1ccc(C2CC(NCCC3=CCCCC3)C2)cc1. The van der Waals surface area contributed by atoms with Crippen LogP contribution in [0.5, 0.6) is 5.75 Å². The van der Waals surface area contributed by atoms with Crippen molar-refractivity contribution in [1.29, 1.82) is 0 Å². The van der Waals surface area contributed by atoms with Crippen LogP contribution < -0.4 is 10.1 Å². The van der Waals surface area contributed by atoms with Gasteiger partial charge in [0, 0.05) is 6.04 Å². The molecule has 3 rings (SSSR count). The first-order valence-corrected chi connectivity index (χ1v) is 8.40. The van der Waals surface area contributed by atoms with Crippen LogP contribution in [0.2, 0.25) is 0 Å². The molecule has 1 fully saturated rings. The summed E-state index contributed by atoms with van der Waals surface area (Å²) in [5, 5.41) is 3.72. The molecule has 114 valence electrons. The summed E-state index contributed by atoms with van der Waals surface area (Å²) >= 11 is 0. The third-order valence-corrected chi connectivity index (χ3v) is 4.99. The summed E-state index contributed by atoms with van der Waals surface area (Å²) in [6, 6.07) is 9.30. The van der Waals surface area contributed by atoms with E-state index in [0.717, 1.165) is 24.3 Å². The summed E-state index contributed by atoms with van der Waals surface area (Å²) in [5.41, 5.74) is 3.14. The number of nitrogens with one attached hydrogen (secondary N) is 1. The van der Waals surface area contributed by atoms with Crippen LogP contribution in [0.4, 0.5) is 0 Å². The van der Waals surface area contributed by atoms with Crippen LogP contribution in [0.3, 0.4) is 0 Å². The summed E-state index contributed by atoms with van der Waals surface area (Å²) in [7, 11) is 1.72. The van der Waals surface area contributed by atoms with Crippen molar-refractivity contribution in [1.82, 2.24) is 5.32 Å². The molecule has 0 amide bonds. The first-order chi connectivity index (χ1) is 10.3. The number of benzene rings is 1. The molecule has 0 bridgehead atoms. The van der Waals surface area contributed by atoms with Crippen LogP contribution in [0.15, 0.2) is 35.9 Å². The molecule has 2 aliphatic rings. The normalized spacial score (nSPS) is 25.1. The molecule has 0 atom stereocenters. The van der Waals surface area contributed by atoms with E-state index in [0.29, 0.717) is 0 Å². The van der Waals surface area contributed by atoms with Gasteiger partial charge in [-0.3, -0.25) is 0 Å². The monoisotopic (exact) mass is 285 g/mol. The van der Waals surface area contributed by atoms with Gasteiger partial charge >= 0.3 is 0 Å². The van der Waals surface area contributed by atoms with E-state index in [1.54, 1.807) is 12.7 Å². The number of rotatable bonds is 6. The van der Waals surface area contributed by atoms with Crippen molar-refractivity contribution in [3.05, 3.63) is 41.5 Å². The molecule has 2 aliphatic carbocycles. The van der Waals surface area contributed by atoms with Crippen LogP contribution in [0, 0.1) is 0 Å². The Labute approximate surface area is 128 Å². The number of methoxy groups -OCH3 is 1. The van der Waals surface area contributed by atoms with E-state index in [4.69, 9.17) is 4.74 Å². The number of allylic oxidation sites excluding steroid dienone is 1. The molecular weight excluding hydrogens is 258 g/mol. The third-order valence-electron chi connectivity index (χ3n) is 4.99. The van der Waals surface area contributed by atoms with E-state index >= 15 is 0 Å². The van der Waals surface area contributed by atoms with Crippen molar-refractivity contribution in [2.45, 2.75) is 56.9 Å². The van der Waals surface area contributed by atoms with Gasteiger partial charge in [0.2, 0.25) is 0 Å². The molecule has 1 aromatic rings. The lowest BCUT2D eigenvalue weighted by molar-refractivity contribution is 0.292. The molecule has 0 aliphatic heterocycles. The van der Waals surface area contributed by atoms with Crippen LogP contribution in [-0.2, 0) is 0 Å². The molecule has 0 aromatic heterocycles. The van der Waals surface area contributed by atoms with E-state index in [1.807, 2.05) is 0 Å². The van der Waals surface area contributed by atoms with Gasteiger partial charge in [-0.25, -0.2) is 0 Å². The Morgan fingerprint density at radius 2 is 1.95 bits per heavy atom. The first-order valence-electron chi connectivity index (χ1n) is 8.40. The van der Waals surface area contributed by atoms with E-state index in [-0.39, 0.29) is 0 Å². The second kappa shape index (κ2) is 7.13. The summed E-state index contributed by atoms with van der Waals surface area (Å²) in [5.74, 6) is 1.69. The maximum Gasteiger partial charge on any atom is 0.118 e. The van der Waals surface area contributed by atoms with Gasteiger partial charge < -0.3 is 10.1 Å². The fourth-order valence-corrected chi connectivity index (χ4v) is 3.50. The topological polar surface area (TPSA) is 21.3 Å². The first kappa shape index (κ1) is 14.6. The molecular formula is C19H27NO. The maximum atomic E-state index is 5.21. The van der Waals surface area contributed by atoms with Crippen LogP contribution in [-0.4, -0.2) is 19.7 Å². The molecule has 0 radical (unpaired) electrons. The fraction of sp³-hybridized carbons (Fsp3) is 0.579. The minimum Gasteiger partial charge on any atom is -0.497 e. The van der Waals surface area contributed by atoms with Gasteiger partial charge in [0.05, 0.1) is 7.11 Å². The zero-order valence-corrected chi connectivity index (χ0v) is 13.1. The van der Waals surface area contributed by atoms with Gasteiger partial charge in [-0.05, 0) is 75.1 Å². The Kier molecular flexibility index (Phi) is 4.97. The highest BCUT2D eigenvalue weighted by Gasteiger charge is 2.29. The van der Waals surface area contributed by atoms with E-state index in [1.165, 1.54) is 50.5 Å². The van der Waals surface area contributed by atoms with Crippen molar-refractivity contribution in [3.63, 3.8) is 0 Å². The molecule has 1 N–H and O–H groups in total.